The Kier molecular flexibility index (Phi) is 4.38. The minimum Gasteiger partial charge on any atom is -0.465 e. The molecule has 2 rings (SSSR count). The number of carbonyl (C=O) groups excluding carboxylic acids is 1. The van der Waals surface area contributed by atoms with Crippen LogP contribution >= 0.6 is 11.8 Å². The molecule has 0 amide bonds. The quantitative estimate of drug-likeness (QED) is 0.548. The van der Waals surface area contributed by atoms with Crippen molar-refractivity contribution in [3.63, 3.8) is 0 Å². The summed E-state index contributed by atoms with van der Waals surface area (Å²) in [6.45, 7) is 6.98. The van der Waals surface area contributed by atoms with Crippen LogP contribution in [0.5, 0.6) is 0 Å². The minimum atomic E-state index is -0.173. The molecule has 0 aromatic rings. The van der Waals surface area contributed by atoms with Crippen LogP contribution in [0.3, 0.4) is 0 Å². The van der Waals surface area contributed by atoms with Gasteiger partial charge in [-0.05, 0) is 39.0 Å². The molecule has 0 aromatic heterocycles. The van der Waals surface area contributed by atoms with Gasteiger partial charge in [-0.1, -0.05) is 6.08 Å². The number of fused-ring (bicyclic) bond motifs is 1. The molecule has 0 N–H and O–H groups in total. The molecule has 102 valence electrons. The largest absolute Gasteiger partial charge is 0.465 e. The van der Waals surface area contributed by atoms with Crippen molar-refractivity contribution in [3.05, 3.63) is 12.7 Å². The van der Waals surface area contributed by atoms with Gasteiger partial charge in [0.15, 0.2) is 0 Å². The summed E-state index contributed by atoms with van der Waals surface area (Å²) in [5.74, 6) is 0.263. The molecule has 0 aromatic carbocycles. The van der Waals surface area contributed by atoms with Gasteiger partial charge in [-0.25, -0.2) is 0 Å². The van der Waals surface area contributed by atoms with E-state index >= 15 is 0 Å². The molecule has 0 radical (unpaired) electrons. The smallest absolute Gasteiger partial charge is 0.315 e. The maximum Gasteiger partial charge on any atom is 0.315 e. The van der Waals surface area contributed by atoms with E-state index in [1.807, 2.05) is 13.0 Å². The van der Waals surface area contributed by atoms with Crippen molar-refractivity contribution < 1.29 is 14.3 Å². The summed E-state index contributed by atoms with van der Waals surface area (Å²) in [4.78, 5) is 11.4. The molecule has 2 fully saturated rings. The van der Waals surface area contributed by atoms with E-state index in [9.17, 15) is 4.79 Å². The topological polar surface area (TPSA) is 35.5 Å². The Morgan fingerprint density at radius 2 is 2.33 bits per heavy atom. The van der Waals surface area contributed by atoms with Crippen molar-refractivity contribution in [1.82, 2.24) is 0 Å². The number of hydrogen-bond donors (Lipinski definition) is 0. The molecule has 1 saturated carbocycles. The van der Waals surface area contributed by atoms with Crippen LogP contribution < -0.4 is 0 Å². The molecule has 1 saturated heterocycles. The first kappa shape index (κ1) is 13.9. The normalized spacial score (nSPS) is 34.3. The van der Waals surface area contributed by atoms with Gasteiger partial charge < -0.3 is 9.47 Å². The highest BCUT2D eigenvalue weighted by molar-refractivity contribution is 8.01. The molecule has 4 heteroatoms. The molecule has 3 nitrogen and oxygen atoms in total. The number of hydrogen-bond acceptors (Lipinski definition) is 4. The maximum atomic E-state index is 11.5. The van der Waals surface area contributed by atoms with E-state index in [4.69, 9.17) is 9.47 Å². The molecule has 18 heavy (non-hydrogen) atoms. The van der Waals surface area contributed by atoms with Gasteiger partial charge in [-0.3, -0.25) is 4.79 Å². The second-order valence-corrected chi connectivity index (χ2v) is 6.31. The zero-order valence-electron chi connectivity index (χ0n) is 11.1. The highest BCUT2D eigenvalue weighted by Gasteiger charge is 2.58. The van der Waals surface area contributed by atoms with E-state index in [2.05, 4.69) is 6.58 Å². The molecule has 2 aliphatic rings. The lowest BCUT2D eigenvalue weighted by molar-refractivity contribution is -0.139. The zero-order chi connectivity index (χ0) is 13.1. The summed E-state index contributed by atoms with van der Waals surface area (Å²) in [6.07, 6.45) is 7.50. The molecular formula is C14H22O3S. The highest BCUT2D eigenvalue weighted by atomic mass is 32.2. The highest BCUT2D eigenvalue weighted by Crippen LogP contribution is 2.62. The van der Waals surface area contributed by atoms with Gasteiger partial charge in [0.2, 0.25) is 0 Å². The number of carbonyl (C=O) groups is 1. The average molecular weight is 270 g/mol. The monoisotopic (exact) mass is 270 g/mol. The number of rotatable bonds is 6. The van der Waals surface area contributed by atoms with Crippen LogP contribution in [0.15, 0.2) is 12.7 Å². The Morgan fingerprint density at radius 3 is 3.06 bits per heavy atom. The number of esters is 1. The molecule has 1 aliphatic heterocycles. The lowest BCUT2D eigenvalue weighted by Gasteiger charge is -2.38. The third-order valence-corrected chi connectivity index (χ3v) is 5.75. The molecule has 1 heterocycles. The van der Waals surface area contributed by atoms with E-state index in [-0.39, 0.29) is 16.3 Å². The minimum absolute atomic E-state index is 0.133. The van der Waals surface area contributed by atoms with Crippen molar-refractivity contribution in [2.45, 2.75) is 44.0 Å². The summed E-state index contributed by atoms with van der Waals surface area (Å²) < 4.78 is 11.1. The second kappa shape index (κ2) is 5.66. The SMILES string of the molecule is C=CCC12CCCC1(SCC(=O)OCC)OCC2. The van der Waals surface area contributed by atoms with E-state index in [1.54, 1.807) is 11.8 Å². The first-order chi connectivity index (χ1) is 8.68. The Balaban J connectivity index is 2.03. The molecule has 2 atom stereocenters. The van der Waals surface area contributed by atoms with Gasteiger partial charge in [0.1, 0.15) is 4.93 Å². The number of allylic oxidation sites excluding steroid dienone is 1. The predicted molar refractivity (Wildman–Crippen MR) is 73.5 cm³/mol. The summed E-state index contributed by atoms with van der Waals surface area (Å²) in [5.41, 5.74) is 0.200. The maximum absolute atomic E-state index is 11.5. The van der Waals surface area contributed by atoms with E-state index in [0.717, 1.165) is 25.9 Å². The summed E-state index contributed by atoms with van der Waals surface area (Å²) in [5, 5.41) is 0. The summed E-state index contributed by atoms with van der Waals surface area (Å²) in [7, 11) is 0. The van der Waals surface area contributed by atoms with Crippen molar-refractivity contribution >= 4 is 17.7 Å². The fourth-order valence-corrected chi connectivity index (χ4v) is 4.83. The van der Waals surface area contributed by atoms with Crippen LogP contribution in [0.25, 0.3) is 0 Å². The lowest BCUT2D eigenvalue weighted by Crippen LogP contribution is -2.38. The van der Waals surface area contributed by atoms with E-state index in [0.29, 0.717) is 12.4 Å². The standard InChI is InChI=1S/C14H22O3S/c1-3-6-13-7-5-8-14(13,17-10-9-13)18-11-12(15)16-4-2/h3H,1,4-11H2,2H3. The molecule has 1 aliphatic carbocycles. The van der Waals surface area contributed by atoms with Crippen LogP contribution in [0.4, 0.5) is 0 Å². The van der Waals surface area contributed by atoms with Crippen LogP contribution in [0, 0.1) is 5.41 Å². The lowest BCUT2D eigenvalue weighted by atomic mass is 9.79. The van der Waals surface area contributed by atoms with Gasteiger partial charge in [0.25, 0.3) is 0 Å². The van der Waals surface area contributed by atoms with Crippen molar-refractivity contribution in [2.24, 2.45) is 5.41 Å². The summed E-state index contributed by atoms with van der Waals surface area (Å²) in [6, 6.07) is 0. The fraction of sp³-hybridized carbons (Fsp3) is 0.786. The van der Waals surface area contributed by atoms with Crippen molar-refractivity contribution in [1.29, 1.82) is 0 Å². The number of thioether (sulfide) groups is 1. The third kappa shape index (κ3) is 2.32. The Labute approximate surface area is 113 Å². The van der Waals surface area contributed by atoms with E-state index < -0.39 is 0 Å². The van der Waals surface area contributed by atoms with E-state index in [1.165, 1.54) is 12.8 Å². The predicted octanol–water partition coefficient (Wildman–Crippen LogP) is 3.15. The average Bonchev–Trinajstić information content (AvgIpc) is 2.82. The molecule has 2 unspecified atom stereocenters. The third-order valence-electron chi connectivity index (χ3n) is 4.15. The second-order valence-electron chi connectivity index (χ2n) is 5.07. The fourth-order valence-electron chi connectivity index (χ4n) is 3.35. The Morgan fingerprint density at radius 1 is 1.50 bits per heavy atom. The Bertz CT molecular complexity index is 317. The van der Waals surface area contributed by atoms with Gasteiger partial charge in [0.05, 0.1) is 12.4 Å². The van der Waals surface area contributed by atoms with Crippen LogP contribution in [-0.4, -0.2) is 29.9 Å². The van der Waals surface area contributed by atoms with Crippen LogP contribution in [0.1, 0.15) is 39.0 Å². The van der Waals surface area contributed by atoms with Gasteiger partial charge in [-0.15, -0.1) is 18.3 Å². The van der Waals surface area contributed by atoms with Gasteiger partial charge in [-0.2, -0.15) is 0 Å². The van der Waals surface area contributed by atoms with Crippen LogP contribution in [-0.2, 0) is 14.3 Å². The first-order valence-corrected chi connectivity index (χ1v) is 7.71. The van der Waals surface area contributed by atoms with Crippen molar-refractivity contribution in [2.75, 3.05) is 19.0 Å². The molecular weight excluding hydrogens is 248 g/mol. The van der Waals surface area contributed by atoms with Gasteiger partial charge >= 0.3 is 5.97 Å². The number of ether oxygens (including phenoxy) is 2. The van der Waals surface area contributed by atoms with Crippen molar-refractivity contribution in [3.8, 4) is 0 Å². The van der Waals surface area contributed by atoms with Crippen LogP contribution in [0.2, 0.25) is 0 Å². The zero-order valence-corrected chi connectivity index (χ0v) is 11.9. The molecule has 0 spiro atoms. The van der Waals surface area contributed by atoms with Gasteiger partial charge in [0, 0.05) is 12.0 Å². The first-order valence-electron chi connectivity index (χ1n) is 6.72. The summed E-state index contributed by atoms with van der Waals surface area (Å²) >= 11 is 1.64. The molecule has 0 bridgehead atoms. The Hall–Kier alpha value is -0.480.